The number of ether oxygens (including phenoxy) is 1. The molecule has 0 unspecified atom stereocenters. The van der Waals surface area contributed by atoms with Gasteiger partial charge < -0.3 is 14.9 Å². The summed E-state index contributed by atoms with van der Waals surface area (Å²) in [5.41, 5.74) is 0.495. The second kappa shape index (κ2) is 8.99. The Balaban J connectivity index is 1.73. The van der Waals surface area contributed by atoms with Crippen LogP contribution in [0.2, 0.25) is 0 Å². The highest BCUT2D eigenvalue weighted by molar-refractivity contribution is 6.20. The molecule has 0 aliphatic carbocycles. The smallest absolute Gasteiger partial charge is 0.408 e. The maximum absolute atomic E-state index is 12.8. The average molecular weight is 424 g/mol. The Kier molecular flexibility index (Phi) is 6.39. The molecular weight excluding hydrogens is 400 g/mol. The van der Waals surface area contributed by atoms with E-state index in [1.807, 2.05) is 30.3 Å². The highest BCUT2D eigenvalue weighted by atomic mass is 16.7. The lowest BCUT2D eigenvalue weighted by Crippen LogP contribution is -2.47. The van der Waals surface area contributed by atoms with Crippen molar-refractivity contribution in [2.75, 3.05) is 0 Å². The van der Waals surface area contributed by atoms with E-state index in [1.165, 1.54) is 12.1 Å². The Labute approximate surface area is 180 Å². The molecule has 0 saturated carbocycles. The molecule has 162 valence electrons. The molecule has 1 aliphatic heterocycles. The molecule has 3 rings (SSSR count). The number of alkyl carbamates (subject to hydrolysis) is 1. The minimum absolute atomic E-state index is 0.154. The van der Waals surface area contributed by atoms with E-state index in [-0.39, 0.29) is 17.5 Å². The van der Waals surface area contributed by atoms with Gasteiger partial charge in [-0.25, -0.2) is 9.59 Å². The monoisotopic (exact) mass is 424 g/mol. The molecule has 1 aliphatic rings. The lowest BCUT2D eigenvalue weighted by Gasteiger charge is -2.23. The molecule has 0 aromatic heterocycles. The fourth-order valence-electron chi connectivity index (χ4n) is 3.06. The van der Waals surface area contributed by atoms with Gasteiger partial charge in [0.2, 0.25) is 0 Å². The third-order valence-electron chi connectivity index (χ3n) is 4.48. The number of rotatable bonds is 6. The number of hydrogen-bond acceptors (Lipinski definition) is 6. The highest BCUT2D eigenvalue weighted by Crippen LogP contribution is 2.23. The molecule has 31 heavy (non-hydrogen) atoms. The van der Waals surface area contributed by atoms with Crippen LogP contribution in [0.25, 0.3) is 0 Å². The molecule has 1 atom stereocenters. The number of amides is 3. The number of hydroxylamine groups is 2. The summed E-state index contributed by atoms with van der Waals surface area (Å²) < 4.78 is 5.23. The van der Waals surface area contributed by atoms with Crippen LogP contribution in [0.1, 0.15) is 53.5 Å². The van der Waals surface area contributed by atoms with E-state index in [4.69, 9.17) is 9.57 Å². The molecule has 0 saturated heterocycles. The van der Waals surface area contributed by atoms with Crippen molar-refractivity contribution in [3.8, 4) is 0 Å². The molecule has 0 spiro atoms. The summed E-state index contributed by atoms with van der Waals surface area (Å²) in [6, 6.07) is 14.4. The zero-order valence-electron chi connectivity index (χ0n) is 17.6. The van der Waals surface area contributed by atoms with Gasteiger partial charge >= 0.3 is 12.1 Å². The zero-order chi connectivity index (χ0) is 22.6. The van der Waals surface area contributed by atoms with Crippen molar-refractivity contribution < 1.29 is 28.8 Å². The maximum Gasteiger partial charge on any atom is 0.408 e. The molecule has 3 amide bonds. The largest absolute Gasteiger partial charge is 0.444 e. The molecule has 0 fully saturated rings. The third kappa shape index (κ3) is 5.48. The Morgan fingerprint density at radius 2 is 1.48 bits per heavy atom. The molecule has 0 bridgehead atoms. The van der Waals surface area contributed by atoms with E-state index in [1.54, 1.807) is 32.9 Å². The number of hydrogen-bond donors (Lipinski definition) is 1. The normalized spacial score (nSPS) is 14.1. The van der Waals surface area contributed by atoms with E-state index in [9.17, 15) is 19.2 Å². The zero-order valence-corrected chi connectivity index (χ0v) is 17.6. The van der Waals surface area contributed by atoms with E-state index in [0.717, 1.165) is 5.56 Å². The van der Waals surface area contributed by atoms with Gasteiger partial charge in [-0.3, -0.25) is 9.59 Å². The van der Waals surface area contributed by atoms with E-state index in [2.05, 4.69) is 5.32 Å². The van der Waals surface area contributed by atoms with Crippen molar-refractivity contribution in [3.05, 3.63) is 71.3 Å². The molecular formula is C23H24N2O6. The molecule has 1 N–H and O–H groups in total. The van der Waals surface area contributed by atoms with E-state index < -0.39 is 35.5 Å². The third-order valence-corrected chi connectivity index (χ3v) is 4.48. The maximum atomic E-state index is 12.8. The van der Waals surface area contributed by atoms with Crippen molar-refractivity contribution >= 4 is 23.9 Å². The minimum Gasteiger partial charge on any atom is -0.444 e. The highest BCUT2D eigenvalue weighted by Gasteiger charge is 2.40. The topological polar surface area (TPSA) is 102 Å². The van der Waals surface area contributed by atoms with Gasteiger partial charge in [0.25, 0.3) is 11.8 Å². The second-order valence-electron chi connectivity index (χ2n) is 8.08. The van der Waals surface area contributed by atoms with Crippen molar-refractivity contribution in [3.63, 3.8) is 0 Å². The molecule has 1 heterocycles. The predicted molar refractivity (Wildman–Crippen MR) is 111 cm³/mol. The molecule has 0 radical (unpaired) electrons. The Bertz CT molecular complexity index is 962. The van der Waals surface area contributed by atoms with Gasteiger partial charge in [0.05, 0.1) is 11.1 Å². The van der Waals surface area contributed by atoms with Crippen LogP contribution in [0.3, 0.4) is 0 Å². The molecule has 8 nitrogen and oxygen atoms in total. The van der Waals surface area contributed by atoms with Gasteiger partial charge in [0, 0.05) is 0 Å². The lowest BCUT2D eigenvalue weighted by molar-refractivity contribution is -0.171. The summed E-state index contributed by atoms with van der Waals surface area (Å²) in [6.07, 6.45) is -0.158. The summed E-state index contributed by atoms with van der Waals surface area (Å²) >= 11 is 0. The number of benzene rings is 2. The van der Waals surface area contributed by atoms with Crippen molar-refractivity contribution in [1.82, 2.24) is 10.4 Å². The summed E-state index contributed by atoms with van der Waals surface area (Å²) in [6.45, 7) is 5.09. The second-order valence-corrected chi connectivity index (χ2v) is 8.08. The molecule has 2 aromatic rings. The average Bonchev–Trinajstić information content (AvgIpc) is 2.95. The van der Waals surface area contributed by atoms with Crippen LogP contribution in [0.15, 0.2) is 54.6 Å². The number of nitrogens with one attached hydrogen (secondary N) is 1. The van der Waals surface area contributed by atoms with Crippen LogP contribution in [-0.2, 0) is 20.8 Å². The first kappa shape index (κ1) is 22.0. The van der Waals surface area contributed by atoms with Gasteiger partial charge in [-0.2, -0.15) is 0 Å². The van der Waals surface area contributed by atoms with Crippen molar-refractivity contribution in [2.45, 2.75) is 45.3 Å². The number of aryl methyl sites for hydroxylation is 1. The standard InChI is InChI=1S/C23H24N2O6/c1-23(2,3)30-22(29)24-18(14-13-15-9-5-4-6-10-15)21(28)31-25-19(26)16-11-7-8-12-17(16)20(25)27/h4-12,18H,13-14H2,1-3H3,(H,24,29)/t18-/m0/s1. The fourth-order valence-corrected chi connectivity index (χ4v) is 3.06. The Hall–Kier alpha value is -3.68. The van der Waals surface area contributed by atoms with E-state index >= 15 is 0 Å². The van der Waals surface area contributed by atoms with Crippen LogP contribution in [0.5, 0.6) is 0 Å². The summed E-state index contributed by atoms with van der Waals surface area (Å²) in [5, 5.41) is 2.91. The SMILES string of the molecule is CC(C)(C)OC(=O)N[C@@H](CCc1ccccc1)C(=O)ON1C(=O)c2ccccc2C1=O. The van der Waals surface area contributed by atoms with Crippen LogP contribution >= 0.6 is 0 Å². The number of carbonyl (C=O) groups excluding carboxylic acids is 4. The number of carbonyl (C=O) groups is 4. The van der Waals surface area contributed by atoms with Gasteiger partial charge in [-0.15, -0.1) is 0 Å². The van der Waals surface area contributed by atoms with Crippen molar-refractivity contribution in [1.29, 1.82) is 0 Å². The van der Waals surface area contributed by atoms with Gasteiger partial charge in [0.1, 0.15) is 11.6 Å². The minimum atomic E-state index is -1.13. The molecule has 8 heteroatoms. The molecule has 2 aromatic carbocycles. The summed E-state index contributed by atoms with van der Waals surface area (Å²) in [4.78, 5) is 55.1. The van der Waals surface area contributed by atoms with Crippen LogP contribution < -0.4 is 5.32 Å². The predicted octanol–water partition coefficient (Wildman–Crippen LogP) is 3.27. The van der Waals surface area contributed by atoms with E-state index in [0.29, 0.717) is 11.5 Å². The number of nitrogens with zero attached hydrogens (tertiary/aromatic N) is 1. The number of fused-ring (bicyclic) bond motifs is 1. The van der Waals surface area contributed by atoms with Crippen LogP contribution in [0.4, 0.5) is 4.79 Å². The quantitative estimate of drug-likeness (QED) is 0.714. The first-order chi connectivity index (χ1) is 14.7. The summed E-state index contributed by atoms with van der Waals surface area (Å²) in [7, 11) is 0. The summed E-state index contributed by atoms with van der Waals surface area (Å²) in [5.74, 6) is -2.39. The first-order valence-electron chi connectivity index (χ1n) is 9.89. The first-order valence-corrected chi connectivity index (χ1v) is 9.89. The van der Waals surface area contributed by atoms with Gasteiger partial charge in [-0.1, -0.05) is 47.5 Å². The van der Waals surface area contributed by atoms with Gasteiger partial charge in [-0.05, 0) is 51.3 Å². The van der Waals surface area contributed by atoms with Crippen molar-refractivity contribution in [2.24, 2.45) is 0 Å². The Morgan fingerprint density at radius 1 is 0.935 bits per heavy atom. The van der Waals surface area contributed by atoms with Gasteiger partial charge in [0.15, 0.2) is 0 Å². The number of imide groups is 1. The lowest BCUT2D eigenvalue weighted by atomic mass is 10.1. The van der Waals surface area contributed by atoms with Crippen LogP contribution in [-0.4, -0.2) is 40.6 Å². The fraction of sp³-hybridized carbons (Fsp3) is 0.304. The Morgan fingerprint density at radius 3 is 2.03 bits per heavy atom. The van der Waals surface area contributed by atoms with Crippen LogP contribution in [0, 0.1) is 0 Å².